The molecule has 0 radical (unpaired) electrons. The smallest absolute Gasteiger partial charge is 0.338 e. The Morgan fingerprint density at radius 2 is 1.79 bits per heavy atom. The van der Waals surface area contributed by atoms with E-state index in [0.717, 1.165) is 11.3 Å². The van der Waals surface area contributed by atoms with Crippen LogP contribution in [0, 0.1) is 0 Å². The lowest BCUT2D eigenvalue weighted by molar-refractivity contribution is -0.317. The van der Waals surface area contributed by atoms with Crippen LogP contribution in [0.25, 0.3) is 0 Å². The molecule has 4 rings (SSSR count). The lowest BCUT2D eigenvalue weighted by atomic mass is 9.98. The van der Waals surface area contributed by atoms with E-state index >= 15 is 0 Å². The zero-order valence-electron chi connectivity index (χ0n) is 16.0. The normalized spacial score (nSPS) is 31.7. The third-order valence-electron chi connectivity index (χ3n) is 4.96. The highest BCUT2D eigenvalue weighted by Crippen LogP contribution is 2.38. The van der Waals surface area contributed by atoms with Crippen LogP contribution < -0.4 is 0 Å². The van der Waals surface area contributed by atoms with Crippen LogP contribution in [0.2, 0.25) is 0 Å². The number of thioether (sulfide) groups is 1. The van der Waals surface area contributed by atoms with Crippen molar-refractivity contribution in [3.8, 4) is 0 Å². The maximum absolute atomic E-state index is 12.7. The van der Waals surface area contributed by atoms with E-state index in [1.54, 1.807) is 24.3 Å². The number of benzene rings is 2. The summed E-state index contributed by atoms with van der Waals surface area (Å²) in [6, 6.07) is 18.3. The summed E-state index contributed by atoms with van der Waals surface area (Å²) >= 11 is 1.47. The molecule has 2 aromatic carbocycles. The average Bonchev–Trinajstić information content (AvgIpc) is 2.77. The molecule has 0 aliphatic carbocycles. The lowest BCUT2D eigenvalue weighted by Gasteiger charge is -2.47. The molecule has 6 atom stereocenters. The van der Waals surface area contributed by atoms with Crippen molar-refractivity contribution in [3.05, 3.63) is 71.8 Å². The molecule has 6 nitrogen and oxygen atoms in total. The van der Waals surface area contributed by atoms with Crippen LogP contribution in [-0.2, 0) is 18.9 Å². The molecule has 2 saturated heterocycles. The van der Waals surface area contributed by atoms with Gasteiger partial charge in [0.1, 0.15) is 23.7 Å². The number of aliphatic hydroxyl groups is 1. The number of fused-ring (bicyclic) bond motifs is 1. The van der Waals surface area contributed by atoms with Crippen molar-refractivity contribution < 1.29 is 28.8 Å². The van der Waals surface area contributed by atoms with Gasteiger partial charge in [-0.3, -0.25) is 0 Å². The van der Waals surface area contributed by atoms with Crippen molar-refractivity contribution in [2.45, 2.75) is 43.1 Å². The summed E-state index contributed by atoms with van der Waals surface area (Å²) in [5, 5.41) is 10.9. The monoisotopic (exact) mass is 416 g/mol. The molecular weight excluding hydrogens is 392 g/mol. The summed E-state index contributed by atoms with van der Waals surface area (Å²) in [7, 11) is 0. The van der Waals surface area contributed by atoms with Crippen LogP contribution in [0.1, 0.15) is 29.1 Å². The van der Waals surface area contributed by atoms with Gasteiger partial charge in [0.15, 0.2) is 12.4 Å². The fourth-order valence-corrected chi connectivity index (χ4v) is 4.45. The second kappa shape index (κ2) is 9.28. The van der Waals surface area contributed by atoms with E-state index in [2.05, 4.69) is 0 Å². The van der Waals surface area contributed by atoms with Gasteiger partial charge in [0.05, 0.1) is 12.2 Å². The second-order valence-electron chi connectivity index (χ2n) is 6.90. The van der Waals surface area contributed by atoms with Gasteiger partial charge >= 0.3 is 5.97 Å². The van der Waals surface area contributed by atoms with E-state index in [0.29, 0.717) is 5.56 Å². The quantitative estimate of drug-likeness (QED) is 0.751. The lowest BCUT2D eigenvalue weighted by Crippen LogP contribution is -2.62. The Morgan fingerprint density at radius 1 is 1.10 bits per heavy atom. The van der Waals surface area contributed by atoms with Crippen LogP contribution in [0.4, 0.5) is 0 Å². The van der Waals surface area contributed by atoms with Gasteiger partial charge in [-0.15, -0.1) is 11.8 Å². The summed E-state index contributed by atoms with van der Waals surface area (Å²) in [4.78, 5) is 12.7. The van der Waals surface area contributed by atoms with Gasteiger partial charge in [-0.1, -0.05) is 55.5 Å². The van der Waals surface area contributed by atoms with Crippen molar-refractivity contribution in [2.75, 3.05) is 12.4 Å². The minimum Gasteiger partial charge on any atom is -0.453 e. The summed E-state index contributed by atoms with van der Waals surface area (Å²) in [6.07, 6.45) is -3.55. The molecule has 0 spiro atoms. The van der Waals surface area contributed by atoms with Crippen LogP contribution in [-0.4, -0.2) is 53.3 Å². The third kappa shape index (κ3) is 4.49. The Kier molecular flexibility index (Phi) is 6.52. The summed E-state index contributed by atoms with van der Waals surface area (Å²) in [5.74, 6) is 0.259. The first-order valence-electron chi connectivity index (χ1n) is 9.70. The van der Waals surface area contributed by atoms with Crippen molar-refractivity contribution in [1.82, 2.24) is 0 Å². The third-order valence-corrected chi connectivity index (χ3v) is 6.01. The van der Waals surface area contributed by atoms with Crippen molar-refractivity contribution in [1.29, 1.82) is 0 Å². The largest absolute Gasteiger partial charge is 0.453 e. The standard InChI is InChI=1S/C22H24O6S/c1-2-29-22-17(23)19(27-20(24)14-9-5-3-6-10-14)18-16(26-22)13-25-21(28-18)15-11-7-4-8-12-15/h3-12,16-19,21-23H,2,13H2,1H3/t16-,17+,18-,19-,21?,22-/m1/s1. The minimum atomic E-state index is -1.01. The first-order valence-corrected chi connectivity index (χ1v) is 10.8. The van der Waals surface area contributed by atoms with Gasteiger partial charge in [-0.25, -0.2) is 4.79 Å². The number of hydrogen-bond donors (Lipinski definition) is 1. The molecular formula is C22H24O6S. The number of rotatable bonds is 5. The molecule has 1 unspecified atom stereocenters. The van der Waals surface area contributed by atoms with Gasteiger partial charge in [0.25, 0.3) is 0 Å². The first-order chi connectivity index (χ1) is 14.2. The van der Waals surface area contributed by atoms with Crippen molar-refractivity contribution in [3.63, 3.8) is 0 Å². The molecule has 154 valence electrons. The zero-order chi connectivity index (χ0) is 20.2. The number of hydrogen-bond acceptors (Lipinski definition) is 7. The number of carbonyl (C=O) groups is 1. The number of carbonyl (C=O) groups excluding carboxylic acids is 1. The van der Waals surface area contributed by atoms with Crippen molar-refractivity contribution >= 4 is 17.7 Å². The van der Waals surface area contributed by atoms with E-state index < -0.39 is 42.1 Å². The highest BCUT2D eigenvalue weighted by molar-refractivity contribution is 7.99. The topological polar surface area (TPSA) is 74.2 Å². The average molecular weight is 416 g/mol. The Hall–Kier alpha value is -1.90. The SMILES string of the molecule is CCS[C@H]1O[C@@H]2COC(c3ccccc3)O[C@H]2[C@H](OC(=O)c2ccccc2)[C@@H]1O. The molecule has 2 aliphatic rings. The zero-order valence-corrected chi connectivity index (χ0v) is 16.9. The summed E-state index contributed by atoms with van der Waals surface area (Å²) in [6.45, 7) is 2.27. The van der Waals surface area contributed by atoms with E-state index in [1.165, 1.54) is 11.8 Å². The molecule has 7 heteroatoms. The first kappa shape index (κ1) is 20.4. The van der Waals surface area contributed by atoms with Gasteiger partial charge in [-0.05, 0) is 17.9 Å². The number of aliphatic hydroxyl groups excluding tert-OH is 1. The van der Waals surface area contributed by atoms with E-state index in [1.807, 2.05) is 43.3 Å². The predicted molar refractivity (Wildman–Crippen MR) is 108 cm³/mol. The summed E-state index contributed by atoms with van der Waals surface area (Å²) < 4.78 is 23.8. The number of ether oxygens (including phenoxy) is 4. The van der Waals surface area contributed by atoms with Crippen LogP contribution >= 0.6 is 11.8 Å². The Balaban J connectivity index is 1.56. The van der Waals surface area contributed by atoms with Crippen molar-refractivity contribution in [2.24, 2.45) is 0 Å². The Morgan fingerprint density at radius 3 is 2.48 bits per heavy atom. The van der Waals surface area contributed by atoms with Crippen LogP contribution in [0.5, 0.6) is 0 Å². The van der Waals surface area contributed by atoms with Crippen LogP contribution in [0.15, 0.2) is 60.7 Å². The molecule has 0 saturated carbocycles. The van der Waals surface area contributed by atoms with Gasteiger partial charge < -0.3 is 24.1 Å². The maximum atomic E-state index is 12.7. The number of esters is 1. The van der Waals surface area contributed by atoms with Gasteiger partial charge in [0.2, 0.25) is 0 Å². The summed E-state index contributed by atoms with van der Waals surface area (Å²) in [5.41, 5.74) is 0.767. The molecule has 2 fully saturated rings. The molecule has 2 aliphatic heterocycles. The Bertz CT molecular complexity index is 801. The van der Waals surface area contributed by atoms with E-state index in [9.17, 15) is 9.90 Å². The molecule has 0 aromatic heterocycles. The molecule has 0 bridgehead atoms. The minimum absolute atomic E-state index is 0.289. The fraction of sp³-hybridized carbons (Fsp3) is 0.409. The van der Waals surface area contributed by atoms with Crippen LogP contribution in [0.3, 0.4) is 0 Å². The second-order valence-corrected chi connectivity index (χ2v) is 8.28. The maximum Gasteiger partial charge on any atom is 0.338 e. The predicted octanol–water partition coefficient (Wildman–Crippen LogP) is 3.17. The van der Waals surface area contributed by atoms with E-state index in [-0.39, 0.29) is 6.61 Å². The Labute approximate surface area is 174 Å². The van der Waals surface area contributed by atoms with Gasteiger partial charge in [-0.2, -0.15) is 0 Å². The fourth-order valence-electron chi connectivity index (χ4n) is 3.54. The molecule has 0 amide bonds. The molecule has 1 N–H and O–H groups in total. The molecule has 2 aromatic rings. The highest BCUT2D eigenvalue weighted by Gasteiger charge is 2.51. The van der Waals surface area contributed by atoms with Gasteiger partial charge in [0, 0.05) is 5.56 Å². The molecule has 2 heterocycles. The van der Waals surface area contributed by atoms with E-state index in [4.69, 9.17) is 18.9 Å². The highest BCUT2D eigenvalue weighted by atomic mass is 32.2. The molecule has 29 heavy (non-hydrogen) atoms.